The van der Waals surface area contributed by atoms with Crippen LogP contribution in [0.25, 0.3) is 0 Å². The van der Waals surface area contributed by atoms with Crippen LogP contribution in [-0.4, -0.2) is 41.6 Å². The van der Waals surface area contributed by atoms with E-state index in [1.54, 1.807) is 6.20 Å². The van der Waals surface area contributed by atoms with Gasteiger partial charge in [0.05, 0.1) is 18.3 Å². The van der Waals surface area contributed by atoms with Crippen molar-refractivity contribution in [2.45, 2.75) is 44.2 Å². The van der Waals surface area contributed by atoms with E-state index in [1.165, 1.54) is 11.1 Å². The Morgan fingerprint density at radius 2 is 1.97 bits per heavy atom. The summed E-state index contributed by atoms with van der Waals surface area (Å²) in [7, 11) is 0. The molecule has 1 aromatic heterocycles. The third kappa shape index (κ3) is 4.31. The molecule has 7 nitrogen and oxygen atoms in total. The number of likely N-dealkylation sites (tertiary alicyclic amines) is 1. The molecule has 0 bridgehead atoms. The number of benzene rings is 2. The first-order valence-electron chi connectivity index (χ1n) is 12.6. The number of aromatic nitrogens is 1. The van der Waals surface area contributed by atoms with Crippen LogP contribution in [-0.2, 0) is 13.0 Å². The molecule has 180 valence electrons. The fraction of sp³-hybridized carbons (Fsp3) is 0.357. The molecule has 2 N–H and O–H groups in total. The molecule has 3 aliphatic rings. The van der Waals surface area contributed by atoms with Gasteiger partial charge in [-0.1, -0.05) is 36.4 Å². The topological polar surface area (TPSA) is 80.3 Å². The number of carbonyl (C=O) groups excluding carboxylic acids is 1. The van der Waals surface area contributed by atoms with Gasteiger partial charge in [-0.2, -0.15) is 0 Å². The van der Waals surface area contributed by atoms with Gasteiger partial charge >= 0.3 is 6.03 Å². The number of fused-ring (bicyclic) bond motifs is 3. The molecule has 3 atom stereocenters. The summed E-state index contributed by atoms with van der Waals surface area (Å²) < 4.78 is -0.237. The summed E-state index contributed by atoms with van der Waals surface area (Å²) in [6, 6.07) is 20.0. The van der Waals surface area contributed by atoms with Crippen molar-refractivity contribution < 1.29 is 4.79 Å². The molecule has 2 fully saturated rings. The fourth-order valence-electron chi connectivity index (χ4n) is 6.15. The molecule has 3 unspecified atom stereocenters. The number of hydrogen-bond acceptors (Lipinski definition) is 4. The van der Waals surface area contributed by atoms with Gasteiger partial charge in [-0.25, -0.2) is 9.78 Å². The normalized spacial score (nSPS) is 25.3. The van der Waals surface area contributed by atoms with Gasteiger partial charge in [-0.3, -0.25) is 10.2 Å². The second-order valence-corrected chi connectivity index (χ2v) is 10.1. The minimum absolute atomic E-state index is 0.0854. The zero-order chi connectivity index (χ0) is 23.8. The van der Waals surface area contributed by atoms with E-state index in [2.05, 4.69) is 44.8 Å². The van der Waals surface area contributed by atoms with Crippen LogP contribution >= 0.6 is 0 Å². The number of pyridine rings is 1. The first-order valence-corrected chi connectivity index (χ1v) is 12.6. The number of carbonyl (C=O) groups is 1. The molecule has 0 saturated carbocycles. The van der Waals surface area contributed by atoms with E-state index in [0.29, 0.717) is 18.3 Å². The van der Waals surface area contributed by atoms with Gasteiger partial charge in [0.2, 0.25) is 0 Å². The quantitative estimate of drug-likeness (QED) is 0.396. The van der Waals surface area contributed by atoms with Gasteiger partial charge in [0.25, 0.3) is 0 Å². The van der Waals surface area contributed by atoms with Crippen LogP contribution in [0.15, 0.2) is 66.9 Å². The van der Waals surface area contributed by atoms with Crippen molar-refractivity contribution in [2.75, 3.05) is 30.3 Å². The highest BCUT2D eigenvalue weighted by molar-refractivity contribution is 6.00. The smallest absolute Gasteiger partial charge is 0.324 e. The van der Waals surface area contributed by atoms with Gasteiger partial charge < -0.3 is 15.2 Å². The Morgan fingerprint density at radius 1 is 1.09 bits per heavy atom. The lowest BCUT2D eigenvalue weighted by Gasteiger charge is -2.39. The molecule has 0 aliphatic carbocycles. The van der Waals surface area contributed by atoms with Crippen molar-refractivity contribution in [3.05, 3.63) is 88.8 Å². The number of amides is 2. The van der Waals surface area contributed by atoms with Crippen molar-refractivity contribution in [1.29, 1.82) is 0 Å². The van der Waals surface area contributed by atoms with E-state index in [9.17, 15) is 10.0 Å². The summed E-state index contributed by atoms with van der Waals surface area (Å²) in [4.78, 5) is 19.7. The van der Waals surface area contributed by atoms with E-state index in [4.69, 9.17) is 0 Å². The van der Waals surface area contributed by atoms with Crippen molar-refractivity contribution >= 4 is 23.2 Å². The number of quaternary nitrogens is 1. The molecule has 4 heterocycles. The van der Waals surface area contributed by atoms with Gasteiger partial charge in [0, 0.05) is 44.1 Å². The maximum absolute atomic E-state index is 13.3. The highest BCUT2D eigenvalue weighted by atomic mass is 16.6. The molecule has 2 saturated heterocycles. The van der Waals surface area contributed by atoms with Crippen LogP contribution in [0.5, 0.6) is 0 Å². The number of urea groups is 1. The number of nitrogens with zero attached hydrogens (tertiary/aromatic N) is 3. The predicted molar refractivity (Wildman–Crippen MR) is 139 cm³/mol. The molecule has 3 aliphatic heterocycles. The summed E-state index contributed by atoms with van der Waals surface area (Å²) in [5, 5.41) is 19.2. The number of nitrogens with one attached hydrogen (secondary N) is 2. The van der Waals surface area contributed by atoms with Crippen molar-refractivity contribution in [1.82, 2.24) is 14.5 Å². The second-order valence-electron chi connectivity index (χ2n) is 10.1. The molecule has 7 heteroatoms. The maximum atomic E-state index is 13.3. The van der Waals surface area contributed by atoms with Crippen molar-refractivity contribution in [2.24, 2.45) is 0 Å². The Labute approximate surface area is 206 Å². The minimum Gasteiger partial charge on any atom is -0.627 e. The zero-order valence-electron chi connectivity index (χ0n) is 19.8. The Morgan fingerprint density at radius 3 is 2.86 bits per heavy atom. The summed E-state index contributed by atoms with van der Waals surface area (Å²) >= 11 is 0. The monoisotopic (exact) mass is 469 g/mol. The number of hydroxylamine groups is 2. The summed E-state index contributed by atoms with van der Waals surface area (Å²) in [6.07, 6.45) is 5.51. The average molecular weight is 470 g/mol. The van der Waals surface area contributed by atoms with E-state index in [-0.39, 0.29) is 16.7 Å². The molecule has 35 heavy (non-hydrogen) atoms. The first-order chi connectivity index (χ1) is 17.1. The zero-order valence-corrected chi connectivity index (χ0v) is 19.8. The Hall–Kier alpha value is -3.26. The molecule has 0 radical (unpaired) electrons. The van der Waals surface area contributed by atoms with Gasteiger partial charge in [-0.05, 0) is 54.3 Å². The highest BCUT2D eigenvalue weighted by Gasteiger charge is 2.45. The lowest BCUT2D eigenvalue weighted by molar-refractivity contribution is 0.262. The summed E-state index contributed by atoms with van der Waals surface area (Å²) in [6.45, 7) is 3.65. The van der Waals surface area contributed by atoms with E-state index < -0.39 is 0 Å². The predicted octanol–water partition coefficient (Wildman–Crippen LogP) is 5.24. The highest BCUT2D eigenvalue weighted by Crippen LogP contribution is 2.46. The van der Waals surface area contributed by atoms with Crippen LogP contribution in [0.2, 0.25) is 0 Å². The average Bonchev–Trinajstić information content (AvgIpc) is 3.54. The fourth-order valence-corrected chi connectivity index (χ4v) is 6.15. The van der Waals surface area contributed by atoms with Gasteiger partial charge in [0.1, 0.15) is 11.5 Å². The molecule has 0 spiro atoms. The van der Waals surface area contributed by atoms with Crippen molar-refractivity contribution in [3.8, 4) is 0 Å². The molecular formula is C28H31N5O2. The van der Waals surface area contributed by atoms with Gasteiger partial charge in [0.15, 0.2) is 0 Å². The van der Waals surface area contributed by atoms with Crippen molar-refractivity contribution in [3.63, 3.8) is 0 Å². The maximum Gasteiger partial charge on any atom is 0.324 e. The molecular weight excluding hydrogens is 438 g/mol. The third-order valence-corrected chi connectivity index (χ3v) is 7.88. The Bertz CT molecular complexity index is 1230. The van der Waals surface area contributed by atoms with E-state index >= 15 is 0 Å². The molecule has 2 amide bonds. The Balaban J connectivity index is 1.10. The minimum atomic E-state index is -0.329. The van der Waals surface area contributed by atoms with E-state index in [0.717, 1.165) is 62.3 Å². The van der Waals surface area contributed by atoms with Gasteiger partial charge in [-0.15, -0.1) is 0 Å². The summed E-state index contributed by atoms with van der Waals surface area (Å²) in [5.74, 6) is 0.968. The Kier molecular flexibility index (Phi) is 5.76. The van der Waals surface area contributed by atoms with Crippen LogP contribution in [0, 0.1) is 5.21 Å². The third-order valence-electron chi connectivity index (χ3n) is 7.88. The van der Waals surface area contributed by atoms with Crippen LogP contribution < -0.4 is 15.3 Å². The summed E-state index contributed by atoms with van der Waals surface area (Å²) in [5.41, 5.74) is 5.05. The lowest BCUT2D eigenvalue weighted by Crippen LogP contribution is -2.44. The molecule has 2 aromatic carbocycles. The van der Waals surface area contributed by atoms with Crippen LogP contribution in [0.3, 0.4) is 0 Å². The van der Waals surface area contributed by atoms with Crippen LogP contribution in [0.4, 0.5) is 22.0 Å². The number of rotatable bonds is 5. The second kappa shape index (κ2) is 9.07. The molecule has 6 rings (SSSR count). The first kappa shape index (κ1) is 22.2. The number of hydrogen-bond donors (Lipinski definition) is 2. The standard InChI is InChI=1S/C28H31N5O2/c34-28(30-25-9-4-10-26-24(25)17-23-8-5-15-33(23,26)35)31-27-16-21(11-13-29-27)22-12-14-32(19-22)18-20-6-2-1-3-7-20/h1-4,6-7,9-11,13,16,22-23H,5,8,12,14-15,17-19H2,(H2,29,30,31,34). The SMILES string of the molecule is O=C(Nc1cc(C2CCN(Cc3ccccc3)C2)ccn1)Nc1cccc2c1CC1CCC[N+]21[O-]. The number of anilines is 2. The largest absolute Gasteiger partial charge is 0.627 e. The molecule has 3 aromatic rings. The van der Waals surface area contributed by atoms with Crippen LogP contribution in [0.1, 0.15) is 41.9 Å². The van der Waals surface area contributed by atoms with E-state index in [1.807, 2.05) is 36.4 Å². The lowest BCUT2D eigenvalue weighted by atomic mass is 9.99.